The first-order valence-corrected chi connectivity index (χ1v) is 10.6. The van der Waals surface area contributed by atoms with Gasteiger partial charge in [0.15, 0.2) is 15.8 Å². The lowest BCUT2D eigenvalue weighted by Crippen LogP contribution is -2.41. The summed E-state index contributed by atoms with van der Waals surface area (Å²) >= 11 is 0. The first-order valence-electron chi connectivity index (χ1n) is 8.98. The SMILES string of the molecule is CCNC(=NCCS(=O)(=O)C(C)(C)C)N(C)CCOc1ccc(C)cc1.I. The maximum absolute atomic E-state index is 12.2. The minimum absolute atomic E-state index is 0. The van der Waals surface area contributed by atoms with Crippen molar-refractivity contribution in [2.75, 3.05) is 39.0 Å². The fourth-order valence-electron chi connectivity index (χ4n) is 2.09. The number of hydrogen-bond donors (Lipinski definition) is 1. The summed E-state index contributed by atoms with van der Waals surface area (Å²) in [6, 6.07) is 7.93. The van der Waals surface area contributed by atoms with E-state index in [2.05, 4.69) is 10.3 Å². The molecule has 0 heterocycles. The van der Waals surface area contributed by atoms with Gasteiger partial charge in [0.1, 0.15) is 12.4 Å². The lowest BCUT2D eigenvalue weighted by atomic mass is 10.2. The summed E-state index contributed by atoms with van der Waals surface area (Å²) in [6.07, 6.45) is 0. The molecule has 27 heavy (non-hydrogen) atoms. The van der Waals surface area contributed by atoms with Crippen LogP contribution in [0.15, 0.2) is 29.3 Å². The molecule has 8 heteroatoms. The highest BCUT2D eigenvalue weighted by Crippen LogP contribution is 2.15. The molecule has 0 saturated heterocycles. The zero-order chi connectivity index (χ0) is 19.8. The van der Waals surface area contributed by atoms with E-state index in [4.69, 9.17) is 4.74 Å². The van der Waals surface area contributed by atoms with Gasteiger partial charge in [-0.15, -0.1) is 24.0 Å². The Morgan fingerprint density at radius 3 is 2.33 bits per heavy atom. The lowest BCUT2D eigenvalue weighted by Gasteiger charge is -2.23. The predicted molar refractivity (Wildman–Crippen MR) is 124 cm³/mol. The Morgan fingerprint density at radius 1 is 1.22 bits per heavy atom. The summed E-state index contributed by atoms with van der Waals surface area (Å²) in [5, 5.41) is 3.19. The molecule has 0 aromatic heterocycles. The van der Waals surface area contributed by atoms with Crippen LogP contribution in [-0.2, 0) is 9.84 Å². The minimum atomic E-state index is -3.17. The van der Waals surface area contributed by atoms with Crippen molar-refractivity contribution in [3.8, 4) is 5.75 Å². The number of ether oxygens (including phenoxy) is 1. The van der Waals surface area contributed by atoms with Crippen LogP contribution < -0.4 is 10.1 Å². The summed E-state index contributed by atoms with van der Waals surface area (Å²) < 4.78 is 29.4. The Kier molecular flexibility index (Phi) is 11.3. The molecule has 0 aliphatic carbocycles. The fourth-order valence-corrected chi connectivity index (χ4v) is 3.03. The number of hydrogen-bond acceptors (Lipinski definition) is 4. The number of likely N-dealkylation sites (N-methyl/N-ethyl adjacent to an activating group) is 1. The van der Waals surface area contributed by atoms with Gasteiger partial charge in [0, 0.05) is 13.6 Å². The Labute approximate surface area is 181 Å². The molecular weight excluding hydrogens is 477 g/mol. The molecule has 1 rings (SSSR count). The summed E-state index contributed by atoms with van der Waals surface area (Å²) in [5.74, 6) is 1.56. The predicted octanol–water partition coefficient (Wildman–Crippen LogP) is 3.10. The molecule has 0 aliphatic heterocycles. The maximum Gasteiger partial charge on any atom is 0.193 e. The van der Waals surface area contributed by atoms with Crippen LogP contribution in [0.4, 0.5) is 0 Å². The molecule has 0 spiro atoms. The van der Waals surface area contributed by atoms with Crippen LogP contribution in [0.1, 0.15) is 33.3 Å². The molecule has 0 fully saturated rings. The van der Waals surface area contributed by atoms with Crippen molar-refractivity contribution >= 4 is 39.8 Å². The number of aliphatic imine (C=N–C) groups is 1. The van der Waals surface area contributed by atoms with Gasteiger partial charge in [-0.1, -0.05) is 17.7 Å². The minimum Gasteiger partial charge on any atom is -0.492 e. The van der Waals surface area contributed by atoms with E-state index in [-0.39, 0.29) is 36.3 Å². The molecule has 1 N–H and O–H groups in total. The molecule has 0 bridgehead atoms. The second kappa shape index (κ2) is 11.7. The van der Waals surface area contributed by atoms with E-state index in [1.165, 1.54) is 5.56 Å². The van der Waals surface area contributed by atoms with Crippen LogP contribution in [-0.4, -0.2) is 63.1 Å². The molecule has 156 valence electrons. The number of nitrogens with zero attached hydrogens (tertiary/aromatic N) is 2. The Balaban J connectivity index is 0.00000676. The van der Waals surface area contributed by atoms with Gasteiger partial charge in [-0.2, -0.15) is 0 Å². The van der Waals surface area contributed by atoms with Gasteiger partial charge in [0.25, 0.3) is 0 Å². The quantitative estimate of drug-likeness (QED) is 0.330. The number of nitrogens with one attached hydrogen (secondary N) is 1. The van der Waals surface area contributed by atoms with Crippen molar-refractivity contribution in [3.05, 3.63) is 29.8 Å². The molecule has 6 nitrogen and oxygen atoms in total. The van der Waals surface area contributed by atoms with Gasteiger partial charge in [-0.3, -0.25) is 4.99 Å². The molecule has 1 aromatic carbocycles. The summed E-state index contributed by atoms with van der Waals surface area (Å²) in [5.41, 5.74) is 1.20. The van der Waals surface area contributed by atoms with Gasteiger partial charge in [-0.05, 0) is 46.8 Å². The van der Waals surface area contributed by atoms with E-state index in [0.29, 0.717) is 25.7 Å². The average Bonchev–Trinajstić information content (AvgIpc) is 2.54. The van der Waals surface area contributed by atoms with Crippen LogP contribution in [0, 0.1) is 6.92 Å². The molecule has 0 radical (unpaired) electrons. The number of benzene rings is 1. The van der Waals surface area contributed by atoms with Gasteiger partial charge in [0.05, 0.1) is 23.6 Å². The third-order valence-corrected chi connectivity index (χ3v) is 6.55. The van der Waals surface area contributed by atoms with Crippen molar-refractivity contribution in [2.24, 2.45) is 4.99 Å². The molecule has 0 amide bonds. The molecule has 0 saturated carbocycles. The fraction of sp³-hybridized carbons (Fsp3) is 0.632. The van der Waals surface area contributed by atoms with Crippen LogP contribution in [0.2, 0.25) is 0 Å². The van der Waals surface area contributed by atoms with E-state index >= 15 is 0 Å². The van der Waals surface area contributed by atoms with Gasteiger partial charge < -0.3 is 15.0 Å². The number of aryl methyl sites for hydroxylation is 1. The number of guanidine groups is 1. The third-order valence-electron chi connectivity index (χ3n) is 3.97. The second-order valence-corrected chi connectivity index (χ2v) is 10.1. The van der Waals surface area contributed by atoms with Gasteiger partial charge in [0.2, 0.25) is 0 Å². The van der Waals surface area contributed by atoms with Gasteiger partial charge >= 0.3 is 0 Å². The zero-order valence-corrected chi connectivity index (χ0v) is 20.4. The first-order chi connectivity index (χ1) is 12.1. The molecule has 1 aromatic rings. The van der Waals surface area contributed by atoms with Crippen molar-refractivity contribution in [1.29, 1.82) is 0 Å². The Morgan fingerprint density at radius 2 is 1.81 bits per heavy atom. The highest BCUT2D eigenvalue weighted by molar-refractivity contribution is 14.0. The monoisotopic (exact) mass is 511 g/mol. The van der Waals surface area contributed by atoms with Crippen molar-refractivity contribution in [2.45, 2.75) is 39.4 Å². The van der Waals surface area contributed by atoms with Gasteiger partial charge in [-0.25, -0.2) is 8.42 Å². The summed E-state index contributed by atoms with van der Waals surface area (Å²) in [7, 11) is -1.25. The highest BCUT2D eigenvalue weighted by Gasteiger charge is 2.28. The van der Waals surface area contributed by atoms with E-state index in [1.807, 2.05) is 50.1 Å². The van der Waals surface area contributed by atoms with E-state index in [1.54, 1.807) is 20.8 Å². The van der Waals surface area contributed by atoms with Crippen LogP contribution >= 0.6 is 24.0 Å². The van der Waals surface area contributed by atoms with Crippen molar-refractivity contribution in [3.63, 3.8) is 0 Å². The Bertz CT molecular complexity index is 683. The number of rotatable bonds is 8. The molecule has 0 atom stereocenters. The Hall–Kier alpha value is -1.03. The number of sulfone groups is 1. The third kappa shape index (κ3) is 9.14. The zero-order valence-electron chi connectivity index (χ0n) is 17.3. The maximum atomic E-state index is 12.2. The van der Waals surface area contributed by atoms with Crippen molar-refractivity contribution in [1.82, 2.24) is 10.2 Å². The largest absolute Gasteiger partial charge is 0.492 e. The summed E-state index contributed by atoms with van der Waals surface area (Å²) in [4.78, 5) is 6.39. The van der Waals surface area contributed by atoms with Crippen molar-refractivity contribution < 1.29 is 13.2 Å². The second-order valence-electron chi connectivity index (χ2n) is 7.25. The number of halogens is 1. The highest BCUT2D eigenvalue weighted by atomic mass is 127. The van der Waals surface area contributed by atoms with Crippen LogP contribution in [0.3, 0.4) is 0 Å². The van der Waals surface area contributed by atoms with E-state index in [9.17, 15) is 8.42 Å². The van der Waals surface area contributed by atoms with E-state index < -0.39 is 14.6 Å². The van der Waals surface area contributed by atoms with Crippen LogP contribution in [0.5, 0.6) is 5.75 Å². The molecule has 0 unspecified atom stereocenters. The standard InChI is InChI=1S/C19H33N3O3S.HI/c1-7-20-18(21-12-15-26(23,24)19(3,4)5)22(6)13-14-25-17-10-8-16(2)9-11-17;/h8-11H,7,12-15H2,1-6H3,(H,20,21);1H. The normalized spacial score (nSPS) is 12.3. The van der Waals surface area contributed by atoms with E-state index in [0.717, 1.165) is 5.75 Å². The van der Waals surface area contributed by atoms with Crippen LogP contribution in [0.25, 0.3) is 0 Å². The molecule has 0 aliphatic rings. The summed E-state index contributed by atoms with van der Waals surface area (Å²) in [6.45, 7) is 11.3. The average molecular weight is 511 g/mol. The first kappa shape index (κ1) is 26.0. The smallest absolute Gasteiger partial charge is 0.193 e. The lowest BCUT2D eigenvalue weighted by molar-refractivity contribution is 0.281. The topological polar surface area (TPSA) is 71.0 Å². The molecular formula is C19H34IN3O3S.